The van der Waals surface area contributed by atoms with Crippen molar-refractivity contribution >= 4 is 11.4 Å². The third-order valence-corrected chi connectivity index (χ3v) is 3.35. The van der Waals surface area contributed by atoms with Crippen molar-refractivity contribution in [3.8, 4) is 28.6 Å². The van der Waals surface area contributed by atoms with Crippen molar-refractivity contribution in [1.82, 2.24) is 10.1 Å². The van der Waals surface area contributed by atoms with E-state index in [4.69, 9.17) is 9.26 Å². The summed E-state index contributed by atoms with van der Waals surface area (Å²) in [5.41, 5.74) is -0.148. The second kappa shape index (κ2) is 6.35. The van der Waals surface area contributed by atoms with Crippen molar-refractivity contribution in [2.75, 3.05) is 7.11 Å². The summed E-state index contributed by atoms with van der Waals surface area (Å²) in [7, 11) is 1.54. The molecule has 0 spiro atoms. The number of hydrogen-bond acceptors (Lipinski definition) is 8. The van der Waals surface area contributed by atoms with Gasteiger partial charge >= 0.3 is 0 Å². The molecule has 10 heteroatoms. The van der Waals surface area contributed by atoms with Gasteiger partial charge in [-0.2, -0.15) is 4.98 Å². The Hall–Kier alpha value is -3.82. The minimum absolute atomic E-state index is 0.0578. The van der Waals surface area contributed by atoms with Crippen molar-refractivity contribution < 1.29 is 19.1 Å². The van der Waals surface area contributed by atoms with E-state index in [1.165, 1.54) is 7.11 Å². The highest BCUT2D eigenvalue weighted by molar-refractivity contribution is 5.65. The van der Waals surface area contributed by atoms with Crippen LogP contribution in [0.4, 0.5) is 11.4 Å². The molecule has 0 saturated heterocycles. The van der Waals surface area contributed by atoms with Crippen LogP contribution in [0.1, 0.15) is 0 Å². The standard InChI is InChI=1S/C15H10N4O6/c1-24-13-4-2-9(3-5-13)14-16-15(25-17-14)10-6-11(18(20)21)8-12(7-10)19(22)23/h2-8H,1H3. The fourth-order valence-corrected chi connectivity index (χ4v) is 2.13. The number of nitro benzene ring substituents is 2. The molecule has 0 aliphatic carbocycles. The largest absolute Gasteiger partial charge is 0.497 e. The van der Waals surface area contributed by atoms with E-state index in [1.54, 1.807) is 24.3 Å². The van der Waals surface area contributed by atoms with Crippen LogP contribution in [0.25, 0.3) is 22.8 Å². The van der Waals surface area contributed by atoms with Crippen molar-refractivity contribution in [2.24, 2.45) is 0 Å². The zero-order valence-corrected chi connectivity index (χ0v) is 12.8. The highest BCUT2D eigenvalue weighted by Gasteiger charge is 2.20. The first-order valence-corrected chi connectivity index (χ1v) is 6.90. The molecule has 0 saturated carbocycles. The van der Waals surface area contributed by atoms with Crippen LogP contribution < -0.4 is 4.74 Å². The first-order valence-electron chi connectivity index (χ1n) is 6.90. The highest BCUT2D eigenvalue weighted by atomic mass is 16.6. The number of benzene rings is 2. The quantitative estimate of drug-likeness (QED) is 0.509. The fraction of sp³-hybridized carbons (Fsp3) is 0.0667. The molecular formula is C15H10N4O6. The molecule has 126 valence electrons. The third kappa shape index (κ3) is 3.27. The van der Waals surface area contributed by atoms with E-state index in [0.29, 0.717) is 11.3 Å². The number of non-ortho nitro benzene ring substituents is 2. The van der Waals surface area contributed by atoms with Crippen LogP contribution in [0.15, 0.2) is 47.0 Å². The van der Waals surface area contributed by atoms with Gasteiger partial charge < -0.3 is 9.26 Å². The molecule has 25 heavy (non-hydrogen) atoms. The van der Waals surface area contributed by atoms with Crippen molar-refractivity contribution in [3.05, 3.63) is 62.7 Å². The molecule has 0 bridgehead atoms. The third-order valence-electron chi connectivity index (χ3n) is 3.35. The summed E-state index contributed by atoms with van der Waals surface area (Å²) in [6.07, 6.45) is 0. The van der Waals surface area contributed by atoms with Gasteiger partial charge in [-0.15, -0.1) is 0 Å². The molecule has 3 aromatic rings. The number of nitrogens with zero attached hydrogens (tertiary/aromatic N) is 4. The molecule has 1 aromatic heterocycles. The molecule has 0 amide bonds. The first kappa shape index (κ1) is 16.1. The molecule has 0 unspecified atom stereocenters. The smallest absolute Gasteiger partial charge is 0.277 e. The fourth-order valence-electron chi connectivity index (χ4n) is 2.13. The van der Waals surface area contributed by atoms with Gasteiger partial charge in [-0.1, -0.05) is 5.16 Å². The van der Waals surface area contributed by atoms with Crippen molar-refractivity contribution in [3.63, 3.8) is 0 Å². The highest BCUT2D eigenvalue weighted by Crippen LogP contribution is 2.30. The topological polar surface area (TPSA) is 134 Å². The summed E-state index contributed by atoms with van der Waals surface area (Å²) in [6.45, 7) is 0. The van der Waals surface area contributed by atoms with Crippen LogP contribution in [0.2, 0.25) is 0 Å². The van der Waals surface area contributed by atoms with Crippen LogP contribution in [0, 0.1) is 20.2 Å². The number of hydrogen-bond donors (Lipinski definition) is 0. The molecule has 0 aliphatic rings. The molecule has 0 atom stereocenters. The van der Waals surface area contributed by atoms with E-state index in [2.05, 4.69) is 10.1 Å². The van der Waals surface area contributed by atoms with Gasteiger partial charge in [-0.25, -0.2) is 0 Å². The zero-order valence-electron chi connectivity index (χ0n) is 12.8. The van der Waals surface area contributed by atoms with Crippen molar-refractivity contribution in [1.29, 1.82) is 0 Å². The molecule has 0 radical (unpaired) electrons. The van der Waals surface area contributed by atoms with Crippen LogP contribution in [-0.4, -0.2) is 27.1 Å². The van der Waals surface area contributed by atoms with E-state index >= 15 is 0 Å². The van der Waals surface area contributed by atoms with Gasteiger partial charge in [-0.05, 0) is 24.3 Å². The predicted molar refractivity (Wildman–Crippen MR) is 85.0 cm³/mol. The summed E-state index contributed by atoms with van der Waals surface area (Å²) in [4.78, 5) is 24.6. The van der Waals surface area contributed by atoms with Crippen molar-refractivity contribution in [2.45, 2.75) is 0 Å². The lowest BCUT2D eigenvalue weighted by atomic mass is 10.1. The molecule has 0 fully saturated rings. The van der Waals surface area contributed by atoms with Gasteiger partial charge in [0.1, 0.15) is 5.75 Å². The molecule has 3 rings (SSSR count). The number of nitro groups is 2. The zero-order chi connectivity index (χ0) is 18.0. The van der Waals surface area contributed by atoms with Gasteiger partial charge in [0, 0.05) is 17.7 Å². The Morgan fingerprint density at radius 3 is 2.08 bits per heavy atom. The van der Waals surface area contributed by atoms with E-state index < -0.39 is 21.2 Å². The maximum absolute atomic E-state index is 11.0. The van der Waals surface area contributed by atoms with Crippen LogP contribution in [0.3, 0.4) is 0 Å². The average Bonchev–Trinajstić information content (AvgIpc) is 3.11. The molecule has 10 nitrogen and oxygen atoms in total. The second-order valence-electron chi connectivity index (χ2n) is 4.90. The Kier molecular flexibility index (Phi) is 4.08. The van der Waals surface area contributed by atoms with E-state index in [-0.39, 0.29) is 17.3 Å². The Balaban J connectivity index is 2.01. The number of aromatic nitrogens is 2. The lowest BCUT2D eigenvalue weighted by molar-refractivity contribution is -0.394. The normalized spacial score (nSPS) is 10.4. The molecular weight excluding hydrogens is 332 g/mol. The SMILES string of the molecule is COc1ccc(-c2noc(-c3cc([N+](=O)[O-])cc([N+](=O)[O-])c3)n2)cc1. The van der Waals surface area contributed by atoms with Gasteiger partial charge in [0.15, 0.2) is 0 Å². The lowest BCUT2D eigenvalue weighted by Gasteiger charge is -1.99. The lowest BCUT2D eigenvalue weighted by Crippen LogP contribution is -1.94. The van der Waals surface area contributed by atoms with E-state index in [0.717, 1.165) is 18.2 Å². The summed E-state index contributed by atoms with van der Waals surface area (Å²) in [5, 5.41) is 25.7. The maximum atomic E-state index is 11.0. The van der Waals surface area contributed by atoms with Crippen LogP contribution in [0.5, 0.6) is 5.75 Å². The van der Waals surface area contributed by atoms with Crippen LogP contribution in [-0.2, 0) is 0 Å². The second-order valence-corrected chi connectivity index (χ2v) is 4.90. The molecule has 2 aromatic carbocycles. The summed E-state index contributed by atoms with van der Waals surface area (Å²) >= 11 is 0. The average molecular weight is 342 g/mol. The Morgan fingerprint density at radius 1 is 0.960 bits per heavy atom. The van der Waals surface area contributed by atoms with E-state index in [9.17, 15) is 20.2 Å². The Labute approximate surface area is 140 Å². The molecule has 1 heterocycles. The number of ether oxygens (including phenoxy) is 1. The van der Waals surface area contributed by atoms with E-state index in [1.807, 2.05) is 0 Å². The molecule has 0 N–H and O–H groups in total. The number of rotatable bonds is 5. The maximum Gasteiger partial charge on any atom is 0.277 e. The first-order chi connectivity index (χ1) is 12.0. The van der Waals surface area contributed by atoms with Gasteiger partial charge in [0.2, 0.25) is 5.82 Å². The monoisotopic (exact) mass is 342 g/mol. The van der Waals surface area contributed by atoms with Gasteiger partial charge in [0.05, 0.1) is 28.6 Å². The predicted octanol–water partition coefficient (Wildman–Crippen LogP) is 3.23. The summed E-state index contributed by atoms with van der Waals surface area (Å²) in [6, 6.07) is 9.99. The molecule has 0 aliphatic heterocycles. The van der Waals surface area contributed by atoms with Gasteiger partial charge in [0.25, 0.3) is 17.3 Å². The minimum Gasteiger partial charge on any atom is -0.497 e. The Bertz CT molecular complexity index is 919. The van der Waals surface area contributed by atoms with Gasteiger partial charge in [-0.3, -0.25) is 20.2 Å². The minimum atomic E-state index is -0.725. The summed E-state index contributed by atoms with van der Waals surface area (Å²) in [5.74, 6) is 0.839. The summed E-state index contributed by atoms with van der Waals surface area (Å²) < 4.78 is 10.2. The number of methoxy groups -OCH3 is 1. The van der Waals surface area contributed by atoms with Crippen LogP contribution >= 0.6 is 0 Å². The Morgan fingerprint density at radius 2 is 1.56 bits per heavy atom.